The van der Waals surface area contributed by atoms with Gasteiger partial charge in [-0.25, -0.2) is 0 Å². The Kier molecular flexibility index (Phi) is 2.13. The van der Waals surface area contributed by atoms with E-state index in [0.717, 1.165) is 6.54 Å². The van der Waals surface area contributed by atoms with Gasteiger partial charge in [0.2, 0.25) is 0 Å². The van der Waals surface area contributed by atoms with Crippen LogP contribution in [0.5, 0.6) is 0 Å². The highest BCUT2D eigenvalue weighted by Gasteiger charge is 2.50. The van der Waals surface area contributed by atoms with E-state index in [2.05, 4.69) is 12.2 Å². The van der Waals surface area contributed by atoms with Crippen LogP contribution < -0.4 is 5.32 Å². The lowest BCUT2D eigenvalue weighted by Gasteiger charge is -2.34. The molecular weight excluding hydrogens is 150 g/mol. The third kappa shape index (κ3) is 1.09. The van der Waals surface area contributed by atoms with Crippen molar-refractivity contribution in [3.8, 4) is 0 Å². The number of hydrogen-bond donors (Lipinski definition) is 1. The van der Waals surface area contributed by atoms with Crippen LogP contribution in [-0.4, -0.2) is 25.8 Å². The van der Waals surface area contributed by atoms with Crippen molar-refractivity contribution < 1.29 is 4.74 Å². The van der Waals surface area contributed by atoms with Gasteiger partial charge in [-0.15, -0.1) is 0 Å². The van der Waals surface area contributed by atoms with Crippen LogP contribution >= 0.6 is 0 Å². The number of nitrogens with one attached hydrogen (secondary N) is 1. The predicted molar refractivity (Wildman–Crippen MR) is 49.2 cm³/mol. The Labute approximate surface area is 74.7 Å². The fourth-order valence-corrected chi connectivity index (χ4v) is 2.93. The Balaban J connectivity index is 2.08. The van der Waals surface area contributed by atoms with Gasteiger partial charge in [-0.2, -0.15) is 0 Å². The SMILES string of the molecule is CCC1(CNC)CC2CCC1O2. The van der Waals surface area contributed by atoms with Gasteiger partial charge in [-0.3, -0.25) is 0 Å². The van der Waals surface area contributed by atoms with Gasteiger partial charge in [0.25, 0.3) is 0 Å². The molecule has 0 aliphatic carbocycles. The van der Waals surface area contributed by atoms with E-state index in [0.29, 0.717) is 17.6 Å². The van der Waals surface area contributed by atoms with Gasteiger partial charge in [0.15, 0.2) is 0 Å². The maximum absolute atomic E-state index is 5.89. The molecule has 1 N–H and O–H groups in total. The van der Waals surface area contributed by atoms with Crippen molar-refractivity contribution in [2.45, 2.75) is 44.8 Å². The van der Waals surface area contributed by atoms with Crippen molar-refractivity contribution in [3.05, 3.63) is 0 Å². The molecule has 2 fully saturated rings. The second kappa shape index (κ2) is 3.00. The number of hydrogen-bond acceptors (Lipinski definition) is 2. The topological polar surface area (TPSA) is 21.3 Å². The maximum Gasteiger partial charge on any atom is 0.0649 e. The summed E-state index contributed by atoms with van der Waals surface area (Å²) in [6.45, 7) is 3.42. The first-order chi connectivity index (χ1) is 5.80. The van der Waals surface area contributed by atoms with Gasteiger partial charge in [-0.05, 0) is 32.7 Å². The van der Waals surface area contributed by atoms with Gasteiger partial charge < -0.3 is 10.1 Å². The monoisotopic (exact) mass is 169 g/mol. The van der Waals surface area contributed by atoms with E-state index in [4.69, 9.17) is 4.74 Å². The van der Waals surface area contributed by atoms with Crippen LogP contribution in [0.2, 0.25) is 0 Å². The summed E-state index contributed by atoms with van der Waals surface area (Å²) >= 11 is 0. The molecule has 3 atom stereocenters. The molecule has 2 bridgehead atoms. The van der Waals surface area contributed by atoms with Crippen LogP contribution in [0.1, 0.15) is 32.6 Å². The molecule has 2 saturated heterocycles. The van der Waals surface area contributed by atoms with Gasteiger partial charge in [0.05, 0.1) is 12.2 Å². The lowest BCUT2D eigenvalue weighted by atomic mass is 9.72. The van der Waals surface area contributed by atoms with E-state index in [9.17, 15) is 0 Å². The summed E-state index contributed by atoms with van der Waals surface area (Å²) in [5, 5.41) is 3.31. The first-order valence-corrected chi connectivity index (χ1v) is 5.11. The zero-order chi connectivity index (χ0) is 8.60. The molecule has 2 heterocycles. The molecule has 2 nitrogen and oxygen atoms in total. The van der Waals surface area contributed by atoms with Crippen molar-refractivity contribution in [1.29, 1.82) is 0 Å². The summed E-state index contributed by atoms with van der Waals surface area (Å²) in [7, 11) is 2.05. The van der Waals surface area contributed by atoms with Crippen LogP contribution in [0, 0.1) is 5.41 Å². The first kappa shape index (κ1) is 8.52. The number of ether oxygens (including phenoxy) is 1. The highest BCUT2D eigenvalue weighted by Crippen LogP contribution is 2.49. The molecule has 2 aliphatic heterocycles. The van der Waals surface area contributed by atoms with Crippen molar-refractivity contribution in [2.24, 2.45) is 5.41 Å². The van der Waals surface area contributed by atoms with E-state index in [1.807, 2.05) is 7.05 Å². The molecule has 12 heavy (non-hydrogen) atoms. The Hall–Kier alpha value is -0.0800. The molecule has 0 saturated carbocycles. The average Bonchev–Trinajstić information content (AvgIpc) is 2.64. The van der Waals surface area contributed by atoms with Crippen LogP contribution in [0.3, 0.4) is 0 Å². The Morgan fingerprint density at radius 1 is 1.50 bits per heavy atom. The van der Waals surface area contributed by atoms with E-state index >= 15 is 0 Å². The highest BCUT2D eigenvalue weighted by atomic mass is 16.5. The summed E-state index contributed by atoms with van der Waals surface area (Å²) in [6, 6.07) is 0. The smallest absolute Gasteiger partial charge is 0.0649 e. The Morgan fingerprint density at radius 3 is 2.75 bits per heavy atom. The van der Waals surface area contributed by atoms with Crippen molar-refractivity contribution in [3.63, 3.8) is 0 Å². The molecule has 2 rings (SSSR count). The summed E-state index contributed by atoms with van der Waals surface area (Å²) in [5.74, 6) is 0. The molecule has 3 unspecified atom stereocenters. The minimum atomic E-state index is 0.470. The molecule has 0 radical (unpaired) electrons. The van der Waals surface area contributed by atoms with Crippen LogP contribution in [-0.2, 0) is 4.74 Å². The quantitative estimate of drug-likeness (QED) is 0.692. The molecule has 2 heteroatoms. The third-order valence-corrected chi connectivity index (χ3v) is 3.66. The number of fused-ring (bicyclic) bond motifs is 2. The Bertz CT molecular complexity index is 171. The molecule has 0 spiro atoms. The number of rotatable bonds is 3. The first-order valence-electron chi connectivity index (χ1n) is 5.11. The van der Waals surface area contributed by atoms with Gasteiger partial charge in [0.1, 0.15) is 0 Å². The molecule has 70 valence electrons. The summed E-state index contributed by atoms with van der Waals surface area (Å²) in [5.41, 5.74) is 0.470. The fraction of sp³-hybridized carbons (Fsp3) is 1.00. The van der Waals surface area contributed by atoms with E-state index in [-0.39, 0.29) is 0 Å². The molecule has 0 aromatic carbocycles. The van der Waals surface area contributed by atoms with Crippen LogP contribution in [0.4, 0.5) is 0 Å². The van der Waals surface area contributed by atoms with Gasteiger partial charge in [-0.1, -0.05) is 6.92 Å². The van der Waals surface area contributed by atoms with E-state index in [1.54, 1.807) is 0 Å². The highest BCUT2D eigenvalue weighted by molar-refractivity contribution is 5.00. The van der Waals surface area contributed by atoms with Gasteiger partial charge >= 0.3 is 0 Å². The Morgan fingerprint density at radius 2 is 2.33 bits per heavy atom. The van der Waals surface area contributed by atoms with Gasteiger partial charge in [0, 0.05) is 12.0 Å². The van der Waals surface area contributed by atoms with Crippen molar-refractivity contribution >= 4 is 0 Å². The van der Waals surface area contributed by atoms with E-state index in [1.165, 1.54) is 25.7 Å². The maximum atomic E-state index is 5.89. The summed E-state index contributed by atoms with van der Waals surface area (Å²) in [4.78, 5) is 0. The molecule has 0 aromatic rings. The average molecular weight is 169 g/mol. The lowest BCUT2D eigenvalue weighted by Crippen LogP contribution is -2.40. The second-order valence-corrected chi connectivity index (χ2v) is 4.27. The third-order valence-electron chi connectivity index (χ3n) is 3.66. The zero-order valence-corrected chi connectivity index (χ0v) is 8.10. The summed E-state index contributed by atoms with van der Waals surface area (Å²) < 4.78 is 5.89. The minimum Gasteiger partial charge on any atom is -0.374 e. The fourth-order valence-electron chi connectivity index (χ4n) is 2.93. The summed E-state index contributed by atoms with van der Waals surface area (Å²) in [6.07, 6.45) is 6.28. The van der Waals surface area contributed by atoms with Crippen LogP contribution in [0.15, 0.2) is 0 Å². The molecule has 2 aliphatic rings. The molecule has 0 aromatic heterocycles. The normalized spacial score (nSPS) is 45.5. The lowest BCUT2D eigenvalue weighted by molar-refractivity contribution is 0.0590. The molecule has 0 amide bonds. The van der Waals surface area contributed by atoms with Crippen LogP contribution in [0.25, 0.3) is 0 Å². The molecular formula is C10H19NO. The predicted octanol–water partition coefficient (Wildman–Crippen LogP) is 1.55. The van der Waals surface area contributed by atoms with Crippen molar-refractivity contribution in [2.75, 3.05) is 13.6 Å². The second-order valence-electron chi connectivity index (χ2n) is 4.27. The van der Waals surface area contributed by atoms with Crippen molar-refractivity contribution in [1.82, 2.24) is 5.32 Å². The zero-order valence-electron chi connectivity index (χ0n) is 8.10. The van der Waals surface area contributed by atoms with E-state index < -0.39 is 0 Å². The largest absolute Gasteiger partial charge is 0.374 e. The minimum absolute atomic E-state index is 0.470. The standard InChI is InChI=1S/C10H19NO/c1-3-10(7-11-2)6-8-4-5-9(10)12-8/h8-9,11H,3-7H2,1-2H3.